The van der Waals surface area contributed by atoms with Gasteiger partial charge in [-0.2, -0.15) is 0 Å². The van der Waals surface area contributed by atoms with Crippen molar-refractivity contribution in [3.63, 3.8) is 0 Å². The number of pyridine rings is 1. The van der Waals surface area contributed by atoms with Crippen LogP contribution in [0.3, 0.4) is 0 Å². The van der Waals surface area contributed by atoms with Crippen molar-refractivity contribution in [3.05, 3.63) is 17.8 Å². The molecule has 0 radical (unpaired) electrons. The Balaban J connectivity index is 1.79. The van der Waals surface area contributed by atoms with E-state index >= 15 is 0 Å². The zero-order valence-electron chi connectivity index (χ0n) is 16.4. The summed E-state index contributed by atoms with van der Waals surface area (Å²) in [5, 5.41) is 2.33. The van der Waals surface area contributed by atoms with Gasteiger partial charge in [-0.3, -0.25) is 3.97 Å². The number of aromatic nitrogens is 2. The summed E-state index contributed by atoms with van der Waals surface area (Å²) in [5.74, 6) is 0. The van der Waals surface area contributed by atoms with Gasteiger partial charge >= 0.3 is 7.12 Å². The highest BCUT2D eigenvalue weighted by molar-refractivity contribution is 14.2. The van der Waals surface area contributed by atoms with Crippen molar-refractivity contribution in [1.29, 1.82) is 0 Å². The van der Waals surface area contributed by atoms with Gasteiger partial charge in [-0.15, -0.1) is 0 Å². The molecular formula is C18H25BIN3O2S2. The molecule has 2 aromatic heterocycles. The van der Waals surface area contributed by atoms with Crippen LogP contribution in [0.2, 0.25) is 0 Å². The van der Waals surface area contributed by atoms with E-state index in [2.05, 4.69) is 70.2 Å². The minimum absolute atomic E-state index is 0.354. The molecule has 2 aliphatic heterocycles. The molecule has 0 aromatic carbocycles. The first-order valence-electron chi connectivity index (χ1n) is 9.32. The van der Waals surface area contributed by atoms with Gasteiger partial charge in [0.25, 0.3) is 0 Å². The van der Waals surface area contributed by atoms with Gasteiger partial charge in [0.1, 0.15) is 5.03 Å². The standard InChI is InChI=1S/C18H25BIN3O2S2/c1-12-11-21-16-13(15(12)19-24-17(2,3)18(4,5)25-19)10-14(23(16)27-20)26-22-8-6-7-9-22/h10-11H,6-9H2,1-5H3. The van der Waals surface area contributed by atoms with E-state index in [-0.39, 0.29) is 18.3 Å². The van der Waals surface area contributed by atoms with E-state index in [1.807, 2.05) is 18.1 Å². The van der Waals surface area contributed by atoms with Gasteiger partial charge in [0.05, 0.1) is 11.2 Å². The van der Waals surface area contributed by atoms with Crippen LogP contribution in [0.15, 0.2) is 17.3 Å². The van der Waals surface area contributed by atoms with Crippen LogP contribution in [0.5, 0.6) is 0 Å². The molecule has 27 heavy (non-hydrogen) atoms. The second kappa shape index (κ2) is 7.39. The number of fused-ring (bicyclic) bond motifs is 1. The van der Waals surface area contributed by atoms with E-state index in [1.165, 1.54) is 17.9 Å². The van der Waals surface area contributed by atoms with Crippen LogP contribution in [-0.2, 0) is 9.31 Å². The lowest BCUT2D eigenvalue weighted by Crippen LogP contribution is -2.41. The molecule has 9 heteroatoms. The quantitative estimate of drug-likeness (QED) is 0.336. The maximum Gasteiger partial charge on any atom is 0.495 e. The summed E-state index contributed by atoms with van der Waals surface area (Å²) in [4.78, 5) is 4.75. The third-order valence-electron chi connectivity index (χ3n) is 5.84. The Morgan fingerprint density at radius 2 is 1.78 bits per heavy atom. The summed E-state index contributed by atoms with van der Waals surface area (Å²) in [6, 6.07) is 2.25. The lowest BCUT2D eigenvalue weighted by Gasteiger charge is -2.32. The normalized spacial score (nSPS) is 22.2. The number of nitrogens with zero attached hydrogens (tertiary/aromatic N) is 3. The number of hydrogen-bond donors (Lipinski definition) is 0. The zero-order valence-corrected chi connectivity index (χ0v) is 20.2. The minimum atomic E-state index is -0.375. The molecule has 2 fully saturated rings. The average Bonchev–Trinajstić information content (AvgIpc) is 3.25. The molecule has 2 saturated heterocycles. The molecule has 4 rings (SSSR count). The van der Waals surface area contributed by atoms with Crippen LogP contribution >= 0.6 is 42.3 Å². The SMILES string of the molecule is Cc1cnc2c(cc(SN3CCCC3)n2SI)c1B1OC(C)(C)C(C)(C)O1. The first-order chi connectivity index (χ1) is 12.7. The van der Waals surface area contributed by atoms with E-state index in [1.54, 1.807) is 9.12 Å². The molecule has 0 N–H and O–H groups in total. The van der Waals surface area contributed by atoms with Crippen LogP contribution in [0.1, 0.15) is 46.1 Å². The smallest absolute Gasteiger partial charge is 0.399 e. The van der Waals surface area contributed by atoms with Crippen LogP contribution in [0.25, 0.3) is 11.0 Å². The van der Waals surface area contributed by atoms with Crippen molar-refractivity contribution < 1.29 is 9.31 Å². The van der Waals surface area contributed by atoms with E-state index in [4.69, 9.17) is 14.3 Å². The Labute approximate surface area is 182 Å². The highest BCUT2D eigenvalue weighted by atomic mass is 127. The van der Waals surface area contributed by atoms with Crippen molar-refractivity contribution in [2.45, 2.75) is 63.7 Å². The first-order valence-corrected chi connectivity index (χ1v) is 13.4. The van der Waals surface area contributed by atoms with Gasteiger partial charge in [0.15, 0.2) is 5.65 Å². The van der Waals surface area contributed by atoms with Gasteiger partial charge in [0.2, 0.25) is 0 Å². The molecule has 2 aromatic rings. The molecular weight excluding hydrogens is 492 g/mol. The summed E-state index contributed by atoms with van der Waals surface area (Å²) in [7, 11) is 1.29. The molecule has 0 spiro atoms. The molecule has 0 bridgehead atoms. The van der Waals surface area contributed by atoms with Gasteiger partial charge in [-0.05, 0) is 76.5 Å². The number of hydrogen-bond acceptors (Lipinski definition) is 6. The number of halogens is 1. The van der Waals surface area contributed by atoms with Gasteiger partial charge in [-0.1, -0.05) is 0 Å². The second-order valence-corrected chi connectivity index (χ2v) is 11.1. The van der Waals surface area contributed by atoms with Crippen molar-refractivity contribution in [1.82, 2.24) is 13.3 Å². The Morgan fingerprint density at radius 1 is 1.15 bits per heavy atom. The lowest BCUT2D eigenvalue weighted by molar-refractivity contribution is 0.00578. The molecule has 4 heterocycles. The van der Waals surface area contributed by atoms with E-state index in [9.17, 15) is 0 Å². The maximum atomic E-state index is 6.37. The van der Waals surface area contributed by atoms with E-state index in [0.717, 1.165) is 35.1 Å². The van der Waals surface area contributed by atoms with Crippen molar-refractivity contribution in [2.75, 3.05) is 13.1 Å². The third-order valence-corrected chi connectivity index (χ3v) is 8.76. The van der Waals surface area contributed by atoms with Gasteiger partial charge in [0, 0.05) is 55.0 Å². The molecule has 2 aliphatic rings. The predicted octanol–water partition coefficient (Wildman–Crippen LogP) is 4.59. The van der Waals surface area contributed by atoms with E-state index in [0.29, 0.717) is 0 Å². The predicted molar refractivity (Wildman–Crippen MR) is 124 cm³/mol. The summed E-state index contributed by atoms with van der Waals surface area (Å²) in [6.45, 7) is 12.8. The summed E-state index contributed by atoms with van der Waals surface area (Å²) >= 11 is 4.17. The highest BCUT2D eigenvalue weighted by Gasteiger charge is 2.52. The molecule has 0 saturated carbocycles. The van der Waals surface area contributed by atoms with Crippen LogP contribution < -0.4 is 5.46 Å². The largest absolute Gasteiger partial charge is 0.495 e. The van der Waals surface area contributed by atoms with Gasteiger partial charge in [-0.25, -0.2) is 9.29 Å². The Bertz CT molecular complexity index is 852. The minimum Gasteiger partial charge on any atom is -0.399 e. The van der Waals surface area contributed by atoms with Gasteiger partial charge < -0.3 is 9.31 Å². The Morgan fingerprint density at radius 3 is 2.37 bits per heavy atom. The fourth-order valence-electron chi connectivity index (χ4n) is 3.54. The van der Waals surface area contributed by atoms with Crippen LogP contribution in [0.4, 0.5) is 0 Å². The fourth-order valence-corrected chi connectivity index (χ4v) is 6.71. The molecule has 5 nitrogen and oxygen atoms in total. The Hall–Kier alpha value is 0.0649. The molecule has 0 aliphatic carbocycles. The third kappa shape index (κ3) is 3.57. The topological polar surface area (TPSA) is 39.5 Å². The lowest BCUT2D eigenvalue weighted by atomic mass is 9.75. The molecule has 0 atom stereocenters. The monoisotopic (exact) mass is 517 g/mol. The second-order valence-electron chi connectivity index (χ2n) is 8.25. The van der Waals surface area contributed by atoms with Crippen LogP contribution in [-0.4, -0.2) is 44.7 Å². The molecule has 0 amide bonds. The van der Waals surface area contributed by atoms with Crippen molar-refractivity contribution >= 4 is 65.9 Å². The molecule has 0 unspecified atom stereocenters. The molecule has 146 valence electrons. The highest BCUT2D eigenvalue weighted by Crippen LogP contribution is 2.39. The summed E-state index contributed by atoms with van der Waals surface area (Å²) in [6.07, 6.45) is 4.50. The fraction of sp³-hybridized carbons (Fsp3) is 0.611. The summed E-state index contributed by atoms with van der Waals surface area (Å²) < 4.78 is 17.4. The van der Waals surface area contributed by atoms with Crippen LogP contribution in [0, 0.1) is 6.92 Å². The Kier molecular flexibility index (Phi) is 5.57. The number of aryl methyl sites for hydroxylation is 1. The van der Waals surface area contributed by atoms with E-state index < -0.39 is 0 Å². The summed E-state index contributed by atoms with van der Waals surface area (Å²) in [5.41, 5.74) is 2.48. The first kappa shape index (κ1) is 20.3. The zero-order chi connectivity index (χ0) is 19.4. The number of rotatable bonds is 4. The average molecular weight is 517 g/mol. The van der Waals surface area contributed by atoms with Crippen molar-refractivity contribution in [3.8, 4) is 0 Å². The van der Waals surface area contributed by atoms with Crippen molar-refractivity contribution in [2.24, 2.45) is 0 Å². The maximum absolute atomic E-state index is 6.37.